The molecule has 0 saturated heterocycles. The lowest BCUT2D eigenvalue weighted by molar-refractivity contribution is -0.384. The van der Waals surface area contributed by atoms with Gasteiger partial charge in [-0.1, -0.05) is 23.4 Å². The highest BCUT2D eigenvalue weighted by Crippen LogP contribution is 2.26. The normalized spacial score (nSPS) is 11.2. The number of nitro groups is 1. The highest BCUT2D eigenvalue weighted by Gasteiger charge is 2.19. The first-order valence-corrected chi connectivity index (χ1v) is 8.90. The van der Waals surface area contributed by atoms with Crippen molar-refractivity contribution in [3.8, 4) is 17.1 Å². The van der Waals surface area contributed by atoms with Crippen LogP contribution in [0.4, 0.5) is 5.69 Å². The third-order valence-electron chi connectivity index (χ3n) is 4.68. The predicted molar refractivity (Wildman–Crippen MR) is 107 cm³/mol. The molecule has 3 heterocycles. The fraction of sp³-hybridized carbons (Fsp3) is 0.0500. The van der Waals surface area contributed by atoms with Gasteiger partial charge in [0.1, 0.15) is 10.9 Å². The molecule has 5 aromatic rings. The SMILES string of the molecule is Cc1nc2c(nnn2-c2ccccc2)c2nc(-c3ccc([N+](=O)[O-])cc3)oc(=O)c12. The second kappa shape index (κ2) is 6.55. The number of aryl methyl sites for hydroxylation is 1. The van der Waals surface area contributed by atoms with Crippen molar-refractivity contribution in [1.82, 2.24) is 25.0 Å². The van der Waals surface area contributed by atoms with Crippen LogP contribution >= 0.6 is 0 Å². The molecular weight excluding hydrogens is 388 g/mol. The summed E-state index contributed by atoms with van der Waals surface area (Å²) in [6.07, 6.45) is 0. The largest absolute Gasteiger partial charge is 0.403 e. The molecule has 0 amide bonds. The molecule has 0 aliphatic rings. The van der Waals surface area contributed by atoms with E-state index in [-0.39, 0.29) is 17.0 Å². The summed E-state index contributed by atoms with van der Waals surface area (Å²) in [5.74, 6) is 0.0311. The van der Waals surface area contributed by atoms with E-state index < -0.39 is 10.5 Å². The highest BCUT2D eigenvalue weighted by molar-refractivity contribution is 6.00. The minimum absolute atomic E-state index is 0.0311. The van der Waals surface area contributed by atoms with Crippen molar-refractivity contribution in [3.05, 3.63) is 80.8 Å². The molecule has 3 aromatic heterocycles. The number of benzene rings is 2. The Morgan fingerprint density at radius 1 is 1.00 bits per heavy atom. The van der Waals surface area contributed by atoms with Crippen molar-refractivity contribution >= 4 is 27.8 Å². The summed E-state index contributed by atoms with van der Waals surface area (Å²) < 4.78 is 6.94. The first kappa shape index (κ1) is 17.6. The van der Waals surface area contributed by atoms with Gasteiger partial charge in [0.15, 0.2) is 11.2 Å². The average Bonchev–Trinajstić information content (AvgIpc) is 3.18. The Labute approximate surface area is 167 Å². The van der Waals surface area contributed by atoms with Gasteiger partial charge in [-0.2, -0.15) is 4.68 Å². The number of non-ortho nitro benzene ring substituents is 1. The quantitative estimate of drug-likeness (QED) is 0.333. The van der Waals surface area contributed by atoms with Crippen LogP contribution in [0.3, 0.4) is 0 Å². The minimum atomic E-state index is -0.616. The Morgan fingerprint density at radius 3 is 2.43 bits per heavy atom. The first-order valence-electron chi connectivity index (χ1n) is 8.90. The van der Waals surface area contributed by atoms with Gasteiger partial charge in [-0.3, -0.25) is 10.1 Å². The van der Waals surface area contributed by atoms with Gasteiger partial charge in [0.2, 0.25) is 5.89 Å². The minimum Gasteiger partial charge on any atom is -0.403 e. The summed E-state index contributed by atoms with van der Waals surface area (Å²) in [5.41, 5.74) is 2.07. The van der Waals surface area contributed by atoms with Crippen LogP contribution in [0.25, 0.3) is 39.2 Å². The zero-order chi connectivity index (χ0) is 20.8. The van der Waals surface area contributed by atoms with Crippen molar-refractivity contribution in [1.29, 1.82) is 0 Å². The number of nitrogens with zero attached hydrogens (tertiary/aromatic N) is 6. The van der Waals surface area contributed by atoms with Gasteiger partial charge < -0.3 is 4.42 Å². The number of hydrogen-bond donors (Lipinski definition) is 0. The molecule has 0 bridgehead atoms. The Hall–Kier alpha value is -4.47. The fourth-order valence-electron chi connectivity index (χ4n) is 3.24. The summed E-state index contributed by atoms with van der Waals surface area (Å²) in [6, 6.07) is 14.9. The van der Waals surface area contributed by atoms with E-state index in [9.17, 15) is 14.9 Å². The van der Waals surface area contributed by atoms with Crippen LogP contribution in [0.5, 0.6) is 0 Å². The predicted octanol–water partition coefficient (Wildman–Crippen LogP) is 3.20. The maximum atomic E-state index is 12.7. The molecule has 0 radical (unpaired) electrons. The van der Waals surface area contributed by atoms with Crippen LogP contribution < -0.4 is 5.63 Å². The van der Waals surface area contributed by atoms with Crippen LogP contribution in [0.1, 0.15) is 5.69 Å². The average molecular weight is 400 g/mol. The number of para-hydroxylation sites is 1. The van der Waals surface area contributed by atoms with Crippen molar-refractivity contribution in [2.75, 3.05) is 0 Å². The monoisotopic (exact) mass is 400 g/mol. The van der Waals surface area contributed by atoms with E-state index in [2.05, 4.69) is 20.3 Å². The van der Waals surface area contributed by atoms with Crippen molar-refractivity contribution in [2.24, 2.45) is 0 Å². The van der Waals surface area contributed by atoms with E-state index in [1.54, 1.807) is 11.6 Å². The molecule has 5 rings (SSSR count). The van der Waals surface area contributed by atoms with Gasteiger partial charge in [-0.25, -0.2) is 14.8 Å². The molecule has 0 fully saturated rings. The number of nitro benzene ring substituents is 1. The molecule has 10 nitrogen and oxygen atoms in total. The highest BCUT2D eigenvalue weighted by atomic mass is 16.6. The molecule has 0 aliphatic heterocycles. The maximum absolute atomic E-state index is 12.7. The van der Waals surface area contributed by atoms with Gasteiger partial charge in [-0.05, 0) is 31.2 Å². The van der Waals surface area contributed by atoms with Crippen LogP contribution in [0, 0.1) is 17.0 Å². The lowest BCUT2D eigenvalue weighted by Crippen LogP contribution is -2.07. The first-order chi connectivity index (χ1) is 14.5. The third-order valence-corrected chi connectivity index (χ3v) is 4.68. The molecule has 0 aliphatic carbocycles. The Kier molecular flexibility index (Phi) is 3.85. The number of hydrogen-bond acceptors (Lipinski definition) is 8. The van der Waals surface area contributed by atoms with E-state index in [4.69, 9.17) is 4.42 Å². The molecule has 0 atom stereocenters. The van der Waals surface area contributed by atoms with Gasteiger partial charge in [0.25, 0.3) is 5.69 Å². The summed E-state index contributed by atoms with van der Waals surface area (Å²) in [4.78, 5) is 32.0. The number of aromatic nitrogens is 5. The molecule has 0 N–H and O–H groups in total. The van der Waals surface area contributed by atoms with Crippen molar-refractivity contribution in [3.63, 3.8) is 0 Å². The molecule has 10 heteroatoms. The smallest absolute Gasteiger partial charge is 0.349 e. The van der Waals surface area contributed by atoms with Gasteiger partial charge >= 0.3 is 5.63 Å². The molecule has 0 saturated carbocycles. The summed E-state index contributed by atoms with van der Waals surface area (Å²) in [7, 11) is 0. The Bertz CT molecular complexity index is 1490. The van der Waals surface area contributed by atoms with E-state index in [0.29, 0.717) is 27.9 Å². The molecule has 0 unspecified atom stereocenters. The van der Waals surface area contributed by atoms with Crippen molar-refractivity contribution < 1.29 is 9.34 Å². The number of fused-ring (bicyclic) bond motifs is 3. The zero-order valence-electron chi connectivity index (χ0n) is 15.5. The lowest BCUT2D eigenvalue weighted by Gasteiger charge is -2.05. The third kappa shape index (κ3) is 2.70. The fourth-order valence-corrected chi connectivity index (χ4v) is 3.24. The molecule has 30 heavy (non-hydrogen) atoms. The van der Waals surface area contributed by atoms with Gasteiger partial charge in [0, 0.05) is 17.7 Å². The molecule has 2 aromatic carbocycles. The van der Waals surface area contributed by atoms with E-state index in [1.165, 1.54) is 24.3 Å². The topological polar surface area (TPSA) is 130 Å². The van der Waals surface area contributed by atoms with E-state index in [1.807, 2.05) is 30.3 Å². The standard InChI is InChI=1S/C20H12N6O4/c1-11-15-16(17-18(21-11)25(24-23-17)13-5-3-2-4-6-13)22-19(30-20(15)27)12-7-9-14(10-8-12)26(28)29/h2-10H,1H3. The number of rotatable bonds is 3. The second-order valence-corrected chi connectivity index (χ2v) is 6.54. The van der Waals surface area contributed by atoms with Crippen LogP contribution in [0.2, 0.25) is 0 Å². The van der Waals surface area contributed by atoms with E-state index >= 15 is 0 Å². The summed E-state index contributed by atoms with van der Waals surface area (Å²) >= 11 is 0. The molecule has 0 spiro atoms. The van der Waals surface area contributed by atoms with Crippen LogP contribution in [-0.4, -0.2) is 29.9 Å². The maximum Gasteiger partial charge on any atom is 0.349 e. The second-order valence-electron chi connectivity index (χ2n) is 6.54. The summed E-state index contributed by atoms with van der Waals surface area (Å²) in [5, 5.41) is 19.5. The Balaban J connectivity index is 1.77. The van der Waals surface area contributed by atoms with E-state index in [0.717, 1.165) is 5.69 Å². The van der Waals surface area contributed by atoms with Gasteiger partial charge in [0.05, 0.1) is 16.3 Å². The zero-order valence-corrected chi connectivity index (χ0v) is 15.5. The Morgan fingerprint density at radius 2 is 1.73 bits per heavy atom. The number of pyridine rings is 1. The van der Waals surface area contributed by atoms with Crippen molar-refractivity contribution in [2.45, 2.75) is 6.92 Å². The summed E-state index contributed by atoms with van der Waals surface area (Å²) in [6.45, 7) is 1.69. The molecular formula is C20H12N6O4. The van der Waals surface area contributed by atoms with Crippen LogP contribution in [0.15, 0.2) is 63.8 Å². The van der Waals surface area contributed by atoms with Crippen LogP contribution in [-0.2, 0) is 0 Å². The van der Waals surface area contributed by atoms with Gasteiger partial charge in [-0.15, -0.1) is 5.10 Å². The lowest BCUT2D eigenvalue weighted by atomic mass is 10.2. The molecule has 146 valence electrons.